The van der Waals surface area contributed by atoms with Gasteiger partial charge in [-0.15, -0.1) is 0 Å². The van der Waals surface area contributed by atoms with Gasteiger partial charge in [0.15, 0.2) is 0 Å². The number of primary amides is 1. The summed E-state index contributed by atoms with van der Waals surface area (Å²) in [5, 5.41) is 14.8. The molecule has 0 bridgehead atoms. The van der Waals surface area contributed by atoms with E-state index >= 15 is 0 Å². The van der Waals surface area contributed by atoms with Crippen LogP contribution in [-0.2, 0) is 14.4 Å². The number of carboxylic acids is 1. The van der Waals surface area contributed by atoms with Gasteiger partial charge in [0.1, 0.15) is 6.04 Å². The van der Waals surface area contributed by atoms with E-state index in [-0.39, 0.29) is 18.7 Å². The van der Waals surface area contributed by atoms with Crippen LogP contribution in [-0.4, -0.2) is 42.0 Å². The second-order valence-corrected chi connectivity index (χ2v) is 5.28. The highest BCUT2D eigenvalue weighted by atomic mass is 16.4. The Balaban J connectivity index is 2.68. The van der Waals surface area contributed by atoms with E-state index in [4.69, 9.17) is 10.8 Å². The van der Waals surface area contributed by atoms with Crippen molar-refractivity contribution in [3.63, 3.8) is 0 Å². The van der Waals surface area contributed by atoms with Gasteiger partial charge >= 0.3 is 5.97 Å². The van der Waals surface area contributed by atoms with Crippen LogP contribution in [0.15, 0.2) is 0 Å². The average Bonchev–Trinajstić information content (AvgIpc) is 2.43. The van der Waals surface area contributed by atoms with Crippen LogP contribution >= 0.6 is 0 Å². The van der Waals surface area contributed by atoms with Crippen molar-refractivity contribution in [2.24, 2.45) is 11.1 Å². The van der Waals surface area contributed by atoms with E-state index in [1.165, 1.54) is 0 Å². The zero-order chi connectivity index (χ0) is 15.2. The second-order valence-electron chi connectivity index (χ2n) is 5.28. The Morgan fingerprint density at radius 1 is 1.45 bits per heavy atom. The van der Waals surface area contributed by atoms with Crippen molar-refractivity contribution in [1.82, 2.24) is 10.6 Å². The lowest BCUT2D eigenvalue weighted by atomic mass is 9.77. The van der Waals surface area contributed by atoms with Crippen molar-refractivity contribution in [2.75, 3.05) is 13.1 Å². The van der Waals surface area contributed by atoms with Crippen molar-refractivity contribution >= 4 is 17.8 Å². The van der Waals surface area contributed by atoms with Crippen molar-refractivity contribution < 1.29 is 19.5 Å². The van der Waals surface area contributed by atoms with Gasteiger partial charge in [-0.05, 0) is 32.2 Å². The topological polar surface area (TPSA) is 122 Å². The largest absolute Gasteiger partial charge is 0.480 e. The predicted octanol–water partition coefficient (Wildman–Crippen LogP) is -0.399. The number of rotatable bonds is 7. The highest BCUT2D eigenvalue weighted by Gasteiger charge is 2.39. The molecule has 7 heteroatoms. The molecule has 2 atom stereocenters. The number of carbonyl (C=O) groups is 3. The summed E-state index contributed by atoms with van der Waals surface area (Å²) < 4.78 is 0. The fourth-order valence-electron chi connectivity index (χ4n) is 2.48. The lowest BCUT2D eigenvalue weighted by Gasteiger charge is -2.36. The standard InChI is InChI=1S/C13H23N3O4/c1-2-13(6-3-7-15-8-13)12(20)16-9(11(18)19)4-5-10(14)17/h9,15H,2-8H2,1H3,(H2,14,17)(H,16,20)(H,18,19). The van der Waals surface area contributed by atoms with Crippen LogP contribution in [0.25, 0.3) is 0 Å². The molecule has 114 valence electrons. The molecule has 7 nitrogen and oxygen atoms in total. The van der Waals surface area contributed by atoms with Crippen LogP contribution in [0.5, 0.6) is 0 Å². The molecule has 0 radical (unpaired) electrons. The average molecular weight is 285 g/mol. The minimum atomic E-state index is -1.14. The SMILES string of the molecule is CCC1(C(=O)NC(CCC(N)=O)C(=O)O)CCCNC1. The van der Waals surface area contributed by atoms with Gasteiger partial charge in [-0.25, -0.2) is 4.79 Å². The molecule has 2 unspecified atom stereocenters. The summed E-state index contributed by atoms with van der Waals surface area (Å²) in [5.74, 6) is -1.98. The maximum absolute atomic E-state index is 12.4. The van der Waals surface area contributed by atoms with E-state index in [9.17, 15) is 14.4 Å². The van der Waals surface area contributed by atoms with Gasteiger partial charge in [0, 0.05) is 13.0 Å². The fourth-order valence-corrected chi connectivity index (χ4v) is 2.48. The number of nitrogens with two attached hydrogens (primary N) is 1. The maximum atomic E-state index is 12.4. The first-order valence-corrected chi connectivity index (χ1v) is 6.94. The smallest absolute Gasteiger partial charge is 0.326 e. The third-order valence-electron chi connectivity index (χ3n) is 3.91. The van der Waals surface area contributed by atoms with Crippen LogP contribution in [0.1, 0.15) is 39.0 Å². The Morgan fingerprint density at radius 2 is 2.15 bits per heavy atom. The van der Waals surface area contributed by atoms with Gasteiger partial charge in [-0.3, -0.25) is 9.59 Å². The predicted molar refractivity (Wildman–Crippen MR) is 72.8 cm³/mol. The first-order chi connectivity index (χ1) is 9.41. The van der Waals surface area contributed by atoms with Crippen LogP contribution in [0.3, 0.4) is 0 Å². The molecule has 1 heterocycles. The minimum absolute atomic E-state index is 0.0175. The number of hydrogen-bond acceptors (Lipinski definition) is 4. The lowest BCUT2D eigenvalue weighted by Crippen LogP contribution is -2.54. The van der Waals surface area contributed by atoms with Gasteiger partial charge in [0.2, 0.25) is 11.8 Å². The zero-order valence-electron chi connectivity index (χ0n) is 11.8. The Kier molecular flexibility index (Phi) is 5.94. The molecule has 0 saturated carbocycles. The normalized spacial score (nSPS) is 23.9. The summed E-state index contributed by atoms with van der Waals surface area (Å²) in [5.41, 5.74) is 4.46. The van der Waals surface area contributed by atoms with E-state index < -0.39 is 23.3 Å². The number of amides is 2. The lowest BCUT2D eigenvalue weighted by molar-refractivity contribution is -0.144. The summed E-state index contributed by atoms with van der Waals surface area (Å²) >= 11 is 0. The quantitative estimate of drug-likeness (QED) is 0.507. The molecule has 0 aromatic rings. The molecule has 0 spiro atoms. The van der Waals surface area contributed by atoms with E-state index in [2.05, 4.69) is 10.6 Å². The molecule has 0 aliphatic carbocycles. The minimum Gasteiger partial charge on any atom is -0.480 e. The molecule has 20 heavy (non-hydrogen) atoms. The van der Waals surface area contributed by atoms with Crippen molar-refractivity contribution in [3.8, 4) is 0 Å². The number of aliphatic carboxylic acids is 1. The van der Waals surface area contributed by atoms with E-state index in [0.717, 1.165) is 19.4 Å². The second kappa shape index (κ2) is 7.23. The van der Waals surface area contributed by atoms with Crippen LogP contribution < -0.4 is 16.4 Å². The molecule has 0 aromatic heterocycles. The van der Waals surface area contributed by atoms with Crippen molar-refractivity contribution in [3.05, 3.63) is 0 Å². The summed E-state index contributed by atoms with van der Waals surface area (Å²) in [7, 11) is 0. The van der Waals surface area contributed by atoms with Crippen LogP contribution in [0.2, 0.25) is 0 Å². The van der Waals surface area contributed by atoms with E-state index in [0.29, 0.717) is 13.0 Å². The van der Waals surface area contributed by atoms with E-state index in [1.807, 2.05) is 6.92 Å². The zero-order valence-corrected chi connectivity index (χ0v) is 11.8. The van der Waals surface area contributed by atoms with Gasteiger partial charge in [-0.2, -0.15) is 0 Å². The molecule has 0 aromatic carbocycles. The Morgan fingerprint density at radius 3 is 2.60 bits per heavy atom. The third kappa shape index (κ3) is 4.19. The van der Waals surface area contributed by atoms with Gasteiger partial charge in [0.25, 0.3) is 0 Å². The summed E-state index contributed by atoms with van der Waals surface area (Å²) in [6.07, 6.45) is 2.23. The number of nitrogens with one attached hydrogen (secondary N) is 2. The van der Waals surface area contributed by atoms with Gasteiger partial charge in [-0.1, -0.05) is 6.92 Å². The van der Waals surface area contributed by atoms with Crippen molar-refractivity contribution in [2.45, 2.75) is 45.1 Å². The highest BCUT2D eigenvalue weighted by molar-refractivity contribution is 5.88. The number of carbonyl (C=O) groups excluding carboxylic acids is 2. The molecule has 1 rings (SSSR count). The molecule has 1 fully saturated rings. The molecule has 1 saturated heterocycles. The number of carboxylic acid groups (broad SMARTS) is 1. The Hall–Kier alpha value is -1.63. The van der Waals surface area contributed by atoms with Gasteiger partial charge < -0.3 is 21.5 Å². The first-order valence-electron chi connectivity index (χ1n) is 6.94. The molecule has 2 amide bonds. The molecule has 5 N–H and O–H groups in total. The third-order valence-corrected chi connectivity index (χ3v) is 3.91. The summed E-state index contributed by atoms with van der Waals surface area (Å²) in [6.45, 7) is 3.35. The monoisotopic (exact) mass is 285 g/mol. The Labute approximate surface area is 118 Å². The number of hydrogen-bond donors (Lipinski definition) is 4. The number of piperidine rings is 1. The first kappa shape index (κ1) is 16.4. The maximum Gasteiger partial charge on any atom is 0.326 e. The summed E-state index contributed by atoms with van der Waals surface area (Å²) in [4.78, 5) is 34.3. The van der Waals surface area contributed by atoms with Crippen molar-refractivity contribution in [1.29, 1.82) is 0 Å². The van der Waals surface area contributed by atoms with E-state index in [1.54, 1.807) is 0 Å². The molecule has 1 aliphatic heterocycles. The van der Waals surface area contributed by atoms with Crippen LogP contribution in [0, 0.1) is 5.41 Å². The fraction of sp³-hybridized carbons (Fsp3) is 0.769. The molecular formula is C13H23N3O4. The molecular weight excluding hydrogens is 262 g/mol. The van der Waals surface area contributed by atoms with Gasteiger partial charge in [0.05, 0.1) is 5.41 Å². The highest BCUT2D eigenvalue weighted by Crippen LogP contribution is 2.30. The Bertz CT molecular complexity index is 378. The molecule has 1 aliphatic rings. The summed E-state index contributed by atoms with van der Waals surface area (Å²) in [6, 6.07) is -1.07. The van der Waals surface area contributed by atoms with Crippen LogP contribution in [0.4, 0.5) is 0 Å².